The monoisotopic (exact) mass is 359 g/mol. The minimum absolute atomic E-state index is 0.294. The van der Waals surface area contributed by atoms with Gasteiger partial charge in [0.25, 0.3) is 16.0 Å². The van der Waals surface area contributed by atoms with E-state index in [0.29, 0.717) is 26.9 Å². The lowest BCUT2D eigenvalue weighted by Crippen LogP contribution is -2.12. The number of hydrogen-bond acceptors (Lipinski definition) is 4. The van der Waals surface area contributed by atoms with Gasteiger partial charge in [0.05, 0.1) is 10.6 Å². The highest BCUT2D eigenvalue weighted by Crippen LogP contribution is 2.30. The lowest BCUT2D eigenvalue weighted by molar-refractivity contribution is 0.102. The number of carbonyl (C=O) groups is 1. The zero-order valence-corrected chi connectivity index (χ0v) is 14.0. The van der Waals surface area contributed by atoms with Crippen molar-refractivity contribution in [1.29, 1.82) is 0 Å². The van der Waals surface area contributed by atoms with Gasteiger partial charge in [-0.1, -0.05) is 24.3 Å². The summed E-state index contributed by atoms with van der Waals surface area (Å²) >= 11 is 4.23. The van der Waals surface area contributed by atoms with E-state index in [2.05, 4.69) is 17.9 Å². The summed E-state index contributed by atoms with van der Waals surface area (Å²) in [5.41, 5.74) is 0.732. The minimum Gasteiger partial charge on any atom is -0.321 e. The van der Waals surface area contributed by atoms with E-state index in [1.165, 1.54) is 12.1 Å². The summed E-state index contributed by atoms with van der Waals surface area (Å²) in [6, 6.07) is 16.2. The Hall–Kier alpha value is -2.35. The van der Waals surface area contributed by atoms with Crippen molar-refractivity contribution < 1.29 is 17.8 Å². The molecule has 24 heavy (non-hydrogen) atoms. The molecule has 0 unspecified atom stereocenters. The number of amides is 1. The van der Waals surface area contributed by atoms with Gasteiger partial charge in [0.2, 0.25) is 0 Å². The first-order chi connectivity index (χ1) is 11.3. The van der Waals surface area contributed by atoms with Crippen molar-refractivity contribution in [2.24, 2.45) is 0 Å². The minimum atomic E-state index is -4.41. The topological polar surface area (TPSA) is 83.5 Å². The van der Waals surface area contributed by atoms with Crippen LogP contribution in [0.1, 0.15) is 10.4 Å². The zero-order valence-electron chi connectivity index (χ0n) is 12.3. The zero-order chi connectivity index (χ0) is 17.3. The molecule has 0 saturated carbocycles. The molecule has 7 heteroatoms. The highest BCUT2D eigenvalue weighted by molar-refractivity contribution is 7.85. The Labute approximate surface area is 144 Å². The normalized spacial score (nSPS) is 11.4. The van der Waals surface area contributed by atoms with Crippen LogP contribution in [0, 0.1) is 0 Å². The van der Waals surface area contributed by atoms with Crippen LogP contribution in [0.2, 0.25) is 0 Å². The Morgan fingerprint density at radius 1 is 1.00 bits per heavy atom. The molecule has 0 spiro atoms. The fourth-order valence-corrected chi connectivity index (χ4v) is 3.12. The molecule has 3 rings (SSSR count). The molecule has 2 N–H and O–H groups in total. The van der Waals surface area contributed by atoms with Gasteiger partial charge in [0.1, 0.15) is 0 Å². The number of anilines is 1. The molecule has 0 aliphatic heterocycles. The summed E-state index contributed by atoms with van der Waals surface area (Å²) in [5, 5.41) is 3.88. The van der Waals surface area contributed by atoms with E-state index in [1.807, 2.05) is 0 Å². The molecule has 3 aromatic rings. The molecule has 0 aliphatic carbocycles. The van der Waals surface area contributed by atoms with Crippen LogP contribution in [0.4, 0.5) is 5.69 Å². The Balaban J connectivity index is 2.13. The van der Waals surface area contributed by atoms with E-state index >= 15 is 0 Å². The van der Waals surface area contributed by atoms with Crippen LogP contribution in [-0.4, -0.2) is 18.9 Å². The van der Waals surface area contributed by atoms with Gasteiger partial charge in [-0.3, -0.25) is 9.35 Å². The summed E-state index contributed by atoms with van der Waals surface area (Å²) in [6.45, 7) is 0. The van der Waals surface area contributed by atoms with E-state index in [4.69, 9.17) is 0 Å². The van der Waals surface area contributed by atoms with Crippen LogP contribution in [0.3, 0.4) is 0 Å². The van der Waals surface area contributed by atoms with Crippen molar-refractivity contribution in [3.05, 3.63) is 66.2 Å². The number of hydrogen-bond donors (Lipinski definition) is 3. The van der Waals surface area contributed by atoms with Crippen molar-refractivity contribution in [3.8, 4) is 0 Å². The second-order valence-electron chi connectivity index (χ2n) is 5.17. The third-order valence-electron chi connectivity index (χ3n) is 3.49. The van der Waals surface area contributed by atoms with E-state index in [1.54, 1.807) is 48.5 Å². The van der Waals surface area contributed by atoms with E-state index in [0.717, 1.165) is 0 Å². The van der Waals surface area contributed by atoms with E-state index in [-0.39, 0.29) is 10.8 Å². The molecule has 0 heterocycles. The lowest BCUT2D eigenvalue weighted by atomic mass is 10.1. The average molecular weight is 359 g/mol. The highest BCUT2D eigenvalue weighted by Gasteiger charge is 2.15. The molecular weight excluding hydrogens is 346 g/mol. The maximum Gasteiger partial charge on any atom is 0.294 e. The largest absolute Gasteiger partial charge is 0.321 e. The third-order valence-corrected chi connectivity index (χ3v) is 4.60. The van der Waals surface area contributed by atoms with Crippen molar-refractivity contribution in [2.75, 3.05) is 5.32 Å². The number of fused-ring (bicyclic) bond motifs is 1. The average Bonchev–Trinajstić information content (AvgIpc) is 2.54. The van der Waals surface area contributed by atoms with Gasteiger partial charge in [-0.05, 0) is 41.8 Å². The Morgan fingerprint density at radius 3 is 2.38 bits per heavy atom. The van der Waals surface area contributed by atoms with E-state index < -0.39 is 10.1 Å². The predicted molar refractivity (Wildman–Crippen MR) is 95.4 cm³/mol. The lowest BCUT2D eigenvalue weighted by Gasteiger charge is -2.11. The summed E-state index contributed by atoms with van der Waals surface area (Å²) in [4.78, 5) is 12.7. The van der Waals surface area contributed by atoms with Gasteiger partial charge in [0, 0.05) is 15.8 Å². The van der Waals surface area contributed by atoms with E-state index in [9.17, 15) is 17.8 Å². The Kier molecular flexibility index (Phi) is 4.31. The molecule has 122 valence electrons. The number of thiol groups is 1. The standard InChI is InChI=1S/C17H13NO4S2/c19-17(11-4-2-1-3-5-11)18-16-10-14(24(20,21)22)9-12-8-13(23)6-7-15(12)16/h1-10,23H,(H,18,19)(H,20,21,22). The first-order valence-corrected chi connectivity index (χ1v) is 8.84. The SMILES string of the molecule is O=C(Nc1cc(S(=O)(=O)O)cc2cc(S)ccc12)c1ccccc1. The van der Waals surface area contributed by atoms with Gasteiger partial charge >= 0.3 is 0 Å². The quantitative estimate of drug-likeness (QED) is 0.493. The van der Waals surface area contributed by atoms with Gasteiger partial charge in [-0.15, -0.1) is 12.6 Å². The van der Waals surface area contributed by atoms with Crippen molar-refractivity contribution in [2.45, 2.75) is 9.79 Å². The first kappa shape index (κ1) is 16.5. The number of carbonyl (C=O) groups excluding carboxylic acids is 1. The number of benzene rings is 3. The summed E-state index contributed by atoms with van der Waals surface area (Å²) in [5.74, 6) is -0.376. The molecule has 0 fully saturated rings. The Bertz CT molecular complexity index is 1030. The summed E-state index contributed by atoms with van der Waals surface area (Å²) in [6.07, 6.45) is 0. The molecule has 0 aromatic heterocycles. The van der Waals surface area contributed by atoms with Crippen LogP contribution in [-0.2, 0) is 10.1 Å². The van der Waals surface area contributed by atoms with Crippen molar-refractivity contribution in [3.63, 3.8) is 0 Å². The smallest absolute Gasteiger partial charge is 0.294 e. The number of rotatable bonds is 3. The van der Waals surface area contributed by atoms with Crippen molar-refractivity contribution >= 4 is 45.1 Å². The Morgan fingerprint density at radius 2 is 1.71 bits per heavy atom. The van der Waals surface area contributed by atoms with Gasteiger partial charge in [0.15, 0.2) is 0 Å². The molecule has 5 nitrogen and oxygen atoms in total. The van der Waals surface area contributed by atoms with Crippen LogP contribution in [0.15, 0.2) is 70.5 Å². The fraction of sp³-hybridized carbons (Fsp3) is 0. The van der Waals surface area contributed by atoms with Crippen LogP contribution in [0.5, 0.6) is 0 Å². The number of nitrogens with one attached hydrogen (secondary N) is 1. The first-order valence-electron chi connectivity index (χ1n) is 6.95. The van der Waals surface area contributed by atoms with Crippen molar-refractivity contribution in [1.82, 2.24) is 0 Å². The molecule has 0 radical (unpaired) electrons. The maximum absolute atomic E-state index is 12.3. The molecule has 0 aliphatic rings. The fourth-order valence-electron chi connectivity index (χ4n) is 2.37. The molecular formula is C17H13NO4S2. The van der Waals surface area contributed by atoms with Gasteiger partial charge in [-0.2, -0.15) is 8.42 Å². The van der Waals surface area contributed by atoms with Gasteiger partial charge in [-0.25, -0.2) is 0 Å². The molecule has 0 atom stereocenters. The molecule has 1 amide bonds. The van der Waals surface area contributed by atoms with Crippen LogP contribution in [0.25, 0.3) is 10.8 Å². The second-order valence-corrected chi connectivity index (χ2v) is 7.11. The maximum atomic E-state index is 12.3. The molecule has 3 aromatic carbocycles. The second kappa shape index (κ2) is 6.27. The summed E-state index contributed by atoms with van der Waals surface area (Å²) < 4.78 is 32.3. The third kappa shape index (κ3) is 3.43. The highest BCUT2D eigenvalue weighted by atomic mass is 32.2. The van der Waals surface area contributed by atoms with Gasteiger partial charge < -0.3 is 5.32 Å². The van der Waals surface area contributed by atoms with Crippen LogP contribution < -0.4 is 5.32 Å². The predicted octanol–water partition coefficient (Wildman–Crippen LogP) is 3.63. The summed E-state index contributed by atoms with van der Waals surface area (Å²) in [7, 11) is -4.41. The van der Waals surface area contributed by atoms with Crippen LogP contribution >= 0.6 is 12.6 Å². The molecule has 0 bridgehead atoms. The molecule has 0 saturated heterocycles.